The normalized spacial score (nSPS) is 11.9. The van der Waals surface area contributed by atoms with Crippen LogP contribution in [-0.4, -0.2) is 31.4 Å². The number of hydrogen-bond donors (Lipinski definition) is 1. The number of para-hydroxylation sites is 1. The number of thioether (sulfide) groups is 1. The largest absolute Gasteiger partial charge is 0.482 e. The number of aryl methyl sites for hydroxylation is 1. The zero-order valence-corrected chi connectivity index (χ0v) is 18.8. The van der Waals surface area contributed by atoms with Gasteiger partial charge in [0.15, 0.2) is 17.1 Å². The first-order valence-electron chi connectivity index (χ1n) is 9.17. The fraction of sp³-hybridized carbons (Fsp3) is 0.300. The molecule has 1 amide bonds. The second-order valence-corrected chi connectivity index (χ2v) is 8.17. The number of nitrogens with one attached hydrogen (secondary N) is 1. The van der Waals surface area contributed by atoms with Gasteiger partial charge in [-0.15, -0.1) is 10.2 Å². The summed E-state index contributed by atoms with van der Waals surface area (Å²) in [5.41, 5.74) is 1.06. The van der Waals surface area contributed by atoms with Gasteiger partial charge < -0.3 is 14.6 Å². The monoisotopic (exact) mass is 475 g/mol. The van der Waals surface area contributed by atoms with E-state index in [0.29, 0.717) is 17.5 Å². The zero-order valence-electron chi connectivity index (χ0n) is 16.4. The molecule has 0 aliphatic heterocycles. The Balaban J connectivity index is 1.63. The lowest BCUT2D eigenvalue weighted by molar-refractivity contribution is -0.113. The molecule has 1 N–H and O–H groups in total. The van der Waals surface area contributed by atoms with E-state index in [4.69, 9.17) is 4.74 Å². The van der Waals surface area contributed by atoms with Crippen molar-refractivity contribution >= 4 is 39.4 Å². The van der Waals surface area contributed by atoms with Crippen LogP contribution in [0.4, 0.5) is 5.82 Å². The molecule has 29 heavy (non-hydrogen) atoms. The van der Waals surface area contributed by atoms with Crippen LogP contribution in [-0.2, 0) is 11.3 Å². The molecule has 3 aromatic rings. The van der Waals surface area contributed by atoms with Gasteiger partial charge in [-0.2, -0.15) is 0 Å². The molecule has 3 rings (SSSR count). The van der Waals surface area contributed by atoms with Crippen LogP contribution in [0.15, 0.2) is 52.2 Å². The summed E-state index contributed by atoms with van der Waals surface area (Å²) in [4.78, 5) is 16.4. The van der Waals surface area contributed by atoms with E-state index in [1.165, 1.54) is 11.8 Å². The first kappa shape index (κ1) is 21.3. The third kappa shape index (κ3) is 5.57. The molecular formula is C20H22BrN5O2S. The number of aromatic nitrogens is 4. The number of carbonyl (C=O) groups excluding carboxylic acids is 1. The Morgan fingerprint density at radius 2 is 2.07 bits per heavy atom. The molecule has 0 spiro atoms. The summed E-state index contributed by atoms with van der Waals surface area (Å²) >= 11 is 4.65. The molecule has 0 bridgehead atoms. The molecule has 152 valence electrons. The van der Waals surface area contributed by atoms with Gasteiger partial charge in [-0.25, -0.2) is 4.98 Å². The van der Waals surface area contributed by atoms with Gasteiger partial charge in [-0.05, 0) is 60.5 Å². The molecule has 0 saturated heterocycles. The lowest BCUT2D eigenvalue weighted by Crippen LogP contribution is -2.16. The number of pyridine rings is 1. The maximum Gasteiger partial charge on any atom is 0.236 e. The molecule has 7 nitrogen and oxygen atoms in total. The minimum absolute atomic E-state index is 0.152. The first-order valence-corrected chi connectivity index (χ1v) is 11.0. The highest BCUT2D eigenvalue weighted by Gasteiger charge is 2.20. The van der Waals surface area contributed by atoms with Crippen LogP contribution in [0.3, 0.4) is 0 Å². The molecule has 0 fully saturated rings. The van der Waals surface area contributed by atoms with Gasteiger partial charge >= 0.3 is 0 Å². The quantitative estimate of drug-likeness (QED) is 0.478. The van der Waals surface area contributed by atoms with Crippen molar-refractivity contribution in [3.63, 3.8) is 0 Å². The topological polar surface area (TPSA) is 81.9 Å². The van der Waals surface area contributed by atoms with Crippen molar-refractivity contribution in [1.82, 2.24) is 19.7 Å². The van der Waals surface area contributed by atoms with Crippen molar-refractivity contribution in [2.75, 3.05) is 11.1 Å². The molecule has 1 aromatic carbocycles. The van der Waals surface area contributed by atoms with Gasteiger partial charge in [0, 0.05) is 17.2 Å². The van der Waals surface area contributed by atoms with Crippen LogP contribution in [0.25, 0.3) is 0 Å². The average molecular weight is 476 g/mol. The third-order valence-corrected chi connectivity index (χ3v) is 5.59. The average Bonchev–Trinajstić information content (AvgIpc) is 3.13. The van der Waals surface area contributed by atoms with Crippen LogP contribution in [0.1, 0.15) is 31.3 Å². The van der Waals surface area contributed by atoms with Crippen LogP contribution in [0.2, 0.25) is 0 Å². The van der Waals surface area contributed by atoms with E-state index < -0.39 is 0 Å². The Kier molecular flexibility index (Phi) is 7.27. The van der Waals surface area contributed by atoms with Crippen molar-refractivity contribution in [3.8, 4) is 5.75 Å². The van der Waals surface area contributed by atoms with Crippen molar-refractivity contribution < 1.29 is 9.53 Å². The fourth-order valence-corrected chi connectivity index (χ4v) is 3.74. The van der Waals surface area contributed by atoms with Crippen LogP contribution >= 0.6 is 27.7 Å². The summed E-state index contributed by atoms with van der Waals surface area (Å²) in [7, 11) is 0. The van der Waals surface area contributed by atoms with Gasteiger partial charge in [-0.1, -0.05) is 30.0 Å². The molecular weight excluding hydrogens is 454 g/mol. The Labute approximate surface area is 182 Å². The van der Waals surface area contributed by atoms with Crippen molar-refractivity contribution in [3.05, 3.63) is 58.5 Å². The number of amides is 1. The molecule has 1 unspecified atom stereocenters. The SMILES string of the molecule is CCn1c(SCC(=O)Nc2ccc(Br)cn2)nnc1C(C)Oc1ccccc1C. The van der Waals surface area contributed by atoms with E-state index in [1.54, 1.807) is 12.3 Å². The highest BCUT2D eigenvalue weighted by molar-refractivity contribution is 9.10. The predicted octanol–water partition coefficient (Wildman–Crippen LogP) is 4.63. The number of nitrogens with zero attached hydrogens (tertiary/aromatic N) is 4. The van der Waals surface area contributed by atoms with Gasteiger partial charge in [-0.3, -0.25) is 4.79 Å². The van der Waals surface area contributed by atoms with Gasteiger partial charge in [0.25, 0.3) is 0 Å². The van der Waals surface area contributed by atoms with E-state index in [2.05, 4.69) is 36.4 Å². The van der Waals surface area contributed by atoms with Gasteiger partial charge in [0.2, 0.25) is 5.91 Å². The number of hydrogen-bond acceptors (Lipinski definition) is 6. The predicted molar refractivity (Wildman–Crippen MR) is 117 cm³/mol. The zero-order chi connectivity index (χ0) is 20.8. The molecule has 2 heterocycles. The number of ether oxygens (including phenoxy) is 1. The Hall–Kier alpha value is -2.39. The van der Waals surface area contributed by atoms with Crippen molar-refractivity contribution in [2.24, 2.45) is 0 Å². The molecule has 9 heteroatoms. The molecule has 0 saturated carbocycles. The number of anilines is 1. The summed E-state index contributed by atoms with van der Waals surface area (Å²) in [6, 6.07) is 11.4. The number of carbonyl (C=O) groups is 1. The maximum atomic E-state index is 12.2. The minimum Gasteiger partial charge on any atom is -0.482 e. The van der Waals surface area contributed by atoms with Gasteiger partial charge in [0.1, 0.15) is 11.6 Å². The van der Waals surface area contributed by atoms with Crippen molar-refractivity contribution in [2.45, 2.75) is 38.6 Å². The molecule has 2 aromatic heterocycles. The minimum atomic E-state index is -0.265. The van der Waals surface area contributed by atoms with E-state index in [-0.39, 0.29) is 17.8 Å². The molecule has 0 aliphatic rings. The van der Waals surface area contributed by atoms with Crippen LogP contribution in [0.5, 0.6) is 5.75 Å². The third-order valence-electron chi connectivity index (χ3n) is 4.15. The smallest absolute Gasteiger partial charge is 0.236 e. The standard InChI is InChI=1S/C20H22BrN5O2S/c1-4-26-19(14(3)28-16-8-6-5-7-13(16)2)24-25-20(26)29-12-18(27)23-17-10-9-15(21)11-22-17/h5-11,14H,4,12H2,1-3H3,(H,22,23,27). The molecule has 0 aliphatic carbocycles. The summed E-state index contributed by atoms with van der Waals surface area (Å²) in [6.07, 6.45) is 1.37. The number of benzene rings is 1. The Bertz CT molecular complexity index is 977. The summed E-state index contributed by atoms with van der Waals surface area (Å²) < 4.78 is 8.91. The van der Waals surface area contributed by atoms with Crippen molar-refractivity contribution in [1.29, 1.82) is 0 Å². The second-order valence-electron chi connectivity index (χ2n) is 6.31. The number of halogens is 1. The van der Waals surface area contributed by atoms with E-state index >= 15 is 0 Å². The fourth-order valence-electron chi connectivity index (χ4n) is 2.70. The highest BCUT2D eigenvalue weighted by atomic mass is 79.9. The van der Waals surface area contributed by atoms with E-state index in [1.807, 2.05) is 55.7 Å². The Morgan fingerprint density at radius 1 is 1.28 bits per heavy atom. The molecule has 1 atom stereocenters. The van der Waals surface area contributed by atoms with Crippen LogP contribution < -0.4 is 10.1 Å². The summed E-state index contributed by atoms with van der Waals surface area (Å²) in [6.45, 7) is 6.65. The lowest BCUT2D eigenvalue weighted by Gasteiger charge is -2.16. The van der Waals surface area contributed by atoms with E-state index in [0.717, 1.165) is 21.6 Å². The molecule has 0 radical (unpaired) electrons. The van der Waals surface area contributed by atoms with Crippen LogP contribution in [0, 0.1) is 6.92 Å². The summed E-state index contributed by atoms with van der Waals surface area (Å²) in [5.74, 6) is 2.12. The lowest BCUT2D eigenvalue weighted by atomic mass is 10.2. The number of rotatable bonds is 8. The maximum absolute atomic E-state index is 12.2. The second kappa shape index (κ2) is 9.89. The highest BCUT2D eigenvalue weighted by Crippen LogP contribution is 2.26. The van der Waals surface area contributed by atoms with E-state index in [9.17, 15) is 4.79 Å². The summed E-state index contributed by atoms with van der Waals surface area (Å²) in [5, 5.41) is 12.0. The first-order chi connectivity index (χ1) is 14.0. The Morgan fingerprint density at radius 3 is 2.76 bits per heavy atom. The van der Waals surface area contributed by atoms with Gasteiger partial charge in [0.05, 0.1) is 5.75 Å².